The van der Waals surface area contributed by atoms with Crippen LogP contribution in [0.25, 0.3) is 0 Å². The van der Waals surface area contributed by atoms with Crippen LogP contribution in [-0.4, -0.2) is 35.5 Å². The van der Waals surface area contributed by atoms with Gasteiger partial charge in [-0.25, -0.2) is 0 Å². The maximum Gasteiger partial charge on any atom is 0.190 e. The van der Waals surface area contributed by atoms with Crippen LogP contribution in [0, 0.1) is 11.3 Å². The molecule has 1 heterocycles. The molecule has 0 unspecified atom stereocenters. The summed E-state index contributed by atoms with van der Waals surface area (Å²) in [4.78, 5) is 12.1. The molecule has 1 N–H and O–H groups in total. The van der Waals surface area contributed by atoms with Crippen molar-refractivity contribution in [1.29, 1.82) is 0 Å². The highest BCUT2D eigenvalue weighted by Crippen LogP contribution is 2.40. The van der Waals surface area contributed by atoms with Crippen LogP contribution < -0.4 is 0 Å². The Labute approximate surface area is 121 Å². The number of hydrogen-bond acceptors (Lipinski definition) is 4. The number of aliphatic hydroxyl groups excluding tert-OH is 1. The van der Waals surface area contributed by atoms with Crippen LogP contribution in [0.2, 0.25) is 0 Å². The summed E-state index contributed by atoms with van der Waals surface area (Å²) in [5.74, 6) is -0.786. The summed E-state index contributed by atoms with van der Waals surface area (Å²) in [6, 6.07) is 0. The van der Waals surface area contributed by atoms with E-state index >= 15 is 0 Å². The molecule has 1 aliphatic heterocycles. The highest BCUT2D eigenvalue weighted by atomic mass is 16.7. The summed E-state index contributed by atoms with van der Waals surface area (Å²) < 4.78 is 11.6. The van der Waals surface area contributed by atoms with Crippen molar-refractivity contribution in [3.63, 3.8) is 0 Å². The maximum absolute atomic E-state index is 12.1. The van der Waals surface area contributed by atoms with E-state index in [2.05, 4.69) is 0 Å². The number of Topliss-reactive ketones (excluding diaryl/α,β-unsaturated/α-hetero) is 1. The fourth-order valence-corrected chi connectivity index (χ4v) is 3.01. The first kappa shape index (κ1) is 15.9. The quantitative estimate of drug-likeness (QED) is 0.847. The van der Waals surface area contributed by atoms with Gasteiger partial charge in [0.1, 0.15) is 12.7 Å². The Morgan fingerprint density at radius 1 is 1.25 bits per heavy atom. The third kappa shape index (κ3) is 3.07. The van der Waals surface area contributed by atoms with E-state index in [-0.39, 0.29) is 23.7 Å². The second-order valence-corrected chi connectivity index (χ2v) is 7.38. The number of carbonyl (C=O) groups excluding carboxylic acids is 1. The molecule has 3 atom stereocenters. The molecule has 20 heavy (non-hydrogen) atoms. The van der Waals surface area contributed by atoms with Crippen LogP contribution in [0.3, 0.4) is 0 Å². The van der Waals surface area contributed by atoms with Crippen molar-refractivity contribution in [1.82, 2.24) is 0 Å². The second-order valence-electron chi connectivity index (χ2n) is 7.38. The van der Waals surface area contributed by atoms with Crippen LogP contribution in [0.1, 0.15) is 59.8 Å². The number of ether oxygens (including phenoxy) is 2. The van der Waals surface area contributed by atoms with Gasteiger partial charge >= 0.3 is 0 Å². The summed E-state index contributed by atoms with van der Waals surface area (Å²) in [6.07, 6.45) is 4.03. The van der Waals surface area contributed by atoms with Gasteiger partial charge in [-0.15, -0.1) is 0 Å². The Morgan fingerprint density at radius 2 is 1.85 bits per heavy atom. The first-order chi connectivity index (χ1) is 9.24. The first-order valence-electron chi connectivity index (χ1n) is 7.77. The van der Waals surface area contributed by atoms with E-state index in [1.54, 1.807) is 0 Å². The van der Waals surface area contributed by atoms with Crippen molar-refractivity contribution in [3.05, 3.63) is 0 Å². The summed E-state index contributed by atoms with van der Waals surface area (Å²) in [6.45, 7) is 7.95. The van der Waals surface area contributed by atoms with Gasteiger partial charge in [0.25, 0.3) is 0 Å². The molecule has 0 spiro atoms. The minimum Gasteiger partial charge on any atom is -0.390 e. The third-order valence-electron chi connectivity index (χ3n) is 4.96. The molecule has 4 heteroatoms. The highest BCUT2D eigenvalue weighted by molar-refractivity contribution is 5.85. The molecule has 0 aromatic heterocycles. The molecule has 0 aromatic carbocycles. The number of ketones is 1. The zero-order valence-electron chi connectivity index (χ0n) is 13.1. The normalized spacial score (nSPS) is 35.0. The van der Waals surface area contributed by atoms with Crippen LogP contribution >= 0.6 is 0 Å². The van der Waals surface area contributed by atoms with Gasteiger partial charge in [-0.2, -0.15) is 0 Å². The lowest BCUT2D eigenvalue weighted by Crippen LogP contribution is -2.58. The highest BCUT2D eigenvalue weighted by Gasteiger charge is 2.49. The fourth-order valence-electron chi connectivity index (χ4n) is 3.01. The minimum atomic E-state index is -0.832. The van der Waals surface area contributed by atoms with E-state index in [1.807, 2.05) is 27.7 Å². The van der Waals surface area contributed by atoms with Gasteiger partial charge in [0.05, 0.1) is 6.10 Å². The molecule has 0 bridgehead atoms. The minimum absolute atomic E-state index is 0.0300. The average molecular weight is 284 g/mol. The molecule has 1 saturated carbocycles. The Kier molecular flexibility index (Phi) is 4.57. The van der Waals surface area contributed by atoms with Gasteiger partial charge in [-0.3, -0.25) is 4.79 Å². The first-order valence-corrected chi connectivity index (χ1v) is 7.77. The standard InChI is InChI=1S/C16H28O4/c1-15(2,3)16(4)19-10-12(17)14(20-16)13(18)11-8-6-5-7-9-11/h11,13-14,18H,5-10H2,1-4H3/t13-,14+,16+/m1/s1. The lowest BCUT2D eigenvalue weighted by molar-refractivity contribution is -0.321. The van der Waals surface area contributed by atoms with Crippen LogP contribution in [0.5, 0.6) is 0 Å². The molecule has 2 aliphatic rings. The number of rotatable bonds is 2. The van der Waals surface area contributed by atoms with Gasteiger partial charge in [0.2, 0.25) is 0 Å². The van der Waals surface area contributed by atoms with Crippen molar-refractivity contribution in [2.75, 3.05) is 6.61 Å². The molecule has 0 radical (unpaired) electrons. The summed E-state index contributed by atoms with van der Waals surface area (Å²) in [5.41, 5.74) is -0.252. The van der Waals surface area contributed by atoms with Gasteiger partial charge in [-0.1, -0.05) is 40.0 Å². The average Bonchev–Trinajstić information content (AvgIpc) is 2.41. The predicted octanol–water partition coefficient (Wildman–Crippen LogP) is 2.67. The molecule has 4 nitrogen and oxygen atoms in total. The Morgan fingerprint density at radius 3 is 2.40 bits per heavy atom. The summed E-state index contributed by atoms with van der Waals surface area (Å²) >= 11 is 0. The Balaban J connectivity index is 2.10. The maximum atomic E-state index is 12.1. The molecular formula is C16H28O4. The predicted molar refractivity (Wildman–Crippen MR) is 76.3 cm³/mol. The van der Waals surface area contributed by atoms with Gasteiger partial charge in [-0.05, 0) is 25.7 Å². The van der Waals surface area contributed by atoms with Crippen molar-refractivity contribution in [3.8, 4) is 0 Å². The molecule has 1 aliphatic carbocycles. The second kappa shape index (κ2) is 5.74. The van der Waals surface area contributed by atoms with Crippen molar-refractivity contribution < 1.29 is 19.4 Å². The Hall–Kier alpha value is -0.450. The summed E-state index contributed by atoms with van der Waals surface area (Å²) in [7, 11) is 0. The van der Waals surface area contributed by atoms with Gasteiger partial charge in [0.15, 0.2) is 11.6 Å². The fraction of sp³-hybridized carbons (Fsp3) is 0.938. The lowest BCUT2D eigenvalue weighted by Gasteiger charge is -2.47. The van der Waals surface area contributed by atoms with Crippen LogP contribution in [-0.2, 0) is 14.3 Å². The smallest absolute Gasteiger partial charge is 0.190 e. The zero-order valence-corrected chi connectivity index (χ0v) is 13.1. The molecule has 2 fully saturated rings. The van der Waals surface area contributed by atoms with Crippen molar-refractivity contribution in [2.45, 2.75) is 77.8 Å². The molecule has 1 saturated heterocycles. The van der Waals surface area contributed by atoms with E-state index in [9.17, 15) is 9.90 Å². The topological polar surface area (TPSA) is 55.8 Å². The van der Waals surface area contributed by atoms with E-state index < -0.39 is 18.0 Å². The number of carbonyl (C=O) groups is 1. The van der Waals surface area contributed by atoms with Gasteiger partial charge < -0.3 is 14.6 Å². The number of hydrogen-bond donors (Lipinski definition) is 1. The largest absolute Gasteiger partial charge is 0.390 e. The molecule has 0 aromatic rings. The van der Waals surface area contributed by atoms with Crippen LogP contribution in [0.15, 0.2) is 0 Å². The molecule has 2 rings (SSSR count). The van der Waals surface area contributed by atoms with E-state index in [0.717, 1.165) is 25.7 Å². The van der Waals surface area contributed by atoms with Crippen molar-refractivity contribution in [2.24, 2.45) is 11.3 Å². The zero-order chi connectivity index (χ0) is 15.0. The third-order valence-corrected chi connectivity index (χ3v) is 4.96. The van der Waals surface area contributed by atoms with Crippen molar-refractivity contribution >= 4 is 5.78 Å². The lowest BCUT2D eigenvalue weighted by atomic mass is 9.81. The SMILES string of the molecule is CC(C)(C)[C@@]1(C)OCC(=O)[C@@H]([C@H](O)C2CCCCC2)O1. The monoisotopic (exact) mass is 284 g/mol. The van der Waals surface area contributed by atoms with E-state index in [0.29, 0.717) is 0 Å². The molecule has 0 amide bonds. The molecule has 116 valence electrons. The van der Waals surface area contributed by atoms with E-state index in [1.165, 1.54) is 6.42 Å². The summed E-state index contributed by atoms with van der Waals surface area (Å²) in [5, 5.41) is 10.6. The number of aliphatic hydroxyl groups is 1. The van der Waals surface area contributed by atoms with E-state index in [4.69, 9.17) is 9.47 Å². The molecular weight excluding hydrogens is 256 g/mol. The Bertz CT molecular complexity index is 354. The van der Waals surface area contributed by atoms with Gasteiger partial charge in [0, 0.05) is 5.41 Å². The van der Waals surface area contributed by atoms with Crippen LogP contribution in [0.4, 0.5) is 0 Å².